The highest BCUT2D eigenvalue weighted by atomic mass is 31.0. The van der Waals surface area contributed by atoms with Gasteiger partial charge in [0.1, 0.15) is 0 Å². The Balaban J connectivity index is 3.69. The molecule has 0 bridgehead atoms. The van der Waals surface area contributed by atoms with Crippen LogP contribution in [0, 0.1) is 0 Å². The van der Waals surface area contributed by atoms with E-state index in [1.807, 2.05) is 0 Å². The van der Waals surface area contributed by atoms with Gasteiger partial charge in [0.2, 0.25) is 0 Å². The number of carbonyl (C=O) groups excluding carboxylic acids is 2. The standard InChI is InChI=1S/C37H71O5P/c1-3-5-7-9-11-13-15-17-18-20-22-23-25-27-29-31-35(39)41-34(33-38)37(43)42-36(40)32-30-28-26-24-21-19-16-14-12-10-8-6-4-2/h17-18,34,37-38H,3-16,19-33,43H2,1-2H3. The third kappa shape index (κ3) is 30.9. The topological polar surface area (TPSA) is 72.8 Å². The van der Waals surface area contributed by atoms with Crippen LogP contribution in [0.4, 0.5) is 0 Å². The Morgan fingerprint density at radius 3 is 1.23 bits per heavy atom. The number of rotatable bonds is 33. The summed E-state index contributed by atoms with van der Waals surface area (Å²) in [5.41, 5.74) is 0. The molecule has 0 saturated carbocycles. The van der Waals surface area contributed by atoms with Gasteiger partial charge in [-0.05, 0) is 38.5 Å². The SMILES string of the molecule is CCCCCCCCC=CCCCCCCCC(=O)OC(CO)C(P)OC(=O)CCCCCCCCCCCCCCC. The minimum atomic E-state index is -0.837. The first kappa shape index (κ1) is 42.1. The summed E-state index contributed by atoms with van der Waals surface area (Å²) in [6.07, 6.45) is 36.7. The van der Waals surface area contributed by atoms with Crippen LogP contribution in [0.5, 0.6) is 0 Å². The van der Waals surface area contributed by atoms with E-state index in [1.165, 1.54) is 122 Å². The molecule has 0 aliphatic heterocycles. The predicted molar refractivity (Wildman–Crippen MR) is 186 cm³/mol. The van der Waals surface area contributed by atoms with Crippen LogP contribution < -0.4 is 0 Å². The van der Waals surface area contributed by atoms with E-state index in [1.54, 1.807) is 0 Å². The van der Waals surface area contributed by atoms with Crippen molar-refractivity contribution in [1.29, 1.82) is 0 Å². The molecule has 0 spiro atoms. The highest BCUT2D eigenvalue weighted by molar-refractivity contribution is 7.17. The van der Waals surface area contributed by atoms with Crippen molar-refractivity contribution in [3.05, 3.63) is 12.2 Å². The molecular formula is C37H71O5P. The fourth-order valence-electron chi connectivity index (χ4n) is 5.35. The van der Waals surface area contributed by atoms with Crippen LogP contribution in [0.1, 0.15) is 194 Å². The molecule has 254 valence electrons. The minimum absolute atomic E-state index is 0.296. The molecule has 0 saturated heterocycles. The molecule has 6 heteroatoms. The normalized spacial score (nSPS) is 12.9. The molecule has 0 rings (SSSR count). The number of aliphatic hydroxyl groups excluding tert-OH is 1. The highest BCUT2D eigenvalue weighted by Crippen LogP contribution is 2.17. The molecule has 5 nitrogen and oxygen atoms in total. The van der Waals surface area contributed by atoms with Crippen molar-refractivity contribution in [1.82, 2.24) is 0 Å². The van der Waals surface area contributed by atoms with Crippen LogP contribution in [-0.4, -0.2) is 35.6 Å². The Morgan fingerprint density at radius 2 is 0.860 bits per heavy atom. The Labute approximate surface area is 269 Å². The molecule has 0 aromatic carbocycles. The first-order valence-electron chi connectivity index (χ1n) is 18.5. The average molecular weight is 627 g/mol. The van der Waals surface area contributed by atoms with Crippen LogP contribution in [0.25, 0.3) is 0 Å². The van der Waals surface area contributed by atoms with E-state index in [-0.39, 0.29) is 18.5 Å². The van der Waals surface area contributed by atoms with Gasteiger partial charge < -0.3 is 14.6 Å². The summed E-state index contributed by atoms with van der Waals surface area (Å²) in [5.74, 6) is -1.36. The Kier molecular flexibility index (Phi) is 33.2. The number of allylic oxidation sites excluding steroid dienone is 2. The molecule has 3 atom stereocenters. The smallest absolute Gasteiger partial charge is 0.306 e. The number of carbonyl (C=O) groups is 2. The Hall–Kier alpha value is -0.930. The zero-order valence-corrected chi connectivity index (χ0v) is 29.6. The van der Waals surface area contributed by atoms with Crippen LogP contribution >= 0.6 is 9.24 Å². The van der Waals surface area contributed by atoms with Crippen molar-refractivity contribution in [3.63, 3.8) is 0 Å². The molecule has 43 heavy (non-hydrogen) atoms. The number of hydrogen-bond acceptors (Lipinski definition) is 5. The van der Waals surface area contributed by atoms with Crippen LogP contribution in [-0.2, 0) is 19.1 Å². The third-order valence-electron chi connectivity index (χ3n) is 8.22. The quantitative estimate of drug-likeness (QED) is 0.0339. The maximum Gasteiger partial charge on any atom is 0.306 e. The third-order valence-corrected chi connectivity index (χ3v) is 8.79. The summed E-state index contributed by atoms with van der Waals surface area (Å²) >= 11 is 0. The van der Waals surface area contributed by atoms with E-state index in [0.29, 0.717) is 12.8 Å². The second kappa shape index (κ2) is 34.0. The number of aliphatic hydroxyl groups is 1. The van der Waals surface area contributed by atoms with Crippen molar-refractivity contribution < 1.29 is 24.2 Å². The molecule has 0 aliphatic carbocycles. The van der Waals surface area contributed by atoms with E-state index in [2.05, 4.69) is 35.2 Å². The first-order chi connectivity index (χ1) is 21.0. The lowest BCUT2D eigenvalue weighted by molar-refractivity contribution is -0.164. The summed E-state index contributed by atoms with van der Waals surface area (Å²) in [5, 5.41) is 9.67. The van der Waals surface area contributed by atoms with E-state index in [4.69, 9.17) is 9.47 Å². The lowest BCUT2D eigenvalue weighted by Crippen LogP contribution is -2.34. The minimum Gasteiger partial charge on any atom is -0.456 e. The second-order valence-corrected chi connectivity index (χ2v) is 13.1. The van der Waals surface area contributed by atoms with Gasteiger partial charge in [0.15, 0.2) is 11.9 Å². The Bertz CT molecular complexity index is 638. The van der Waals surface area contributed by atoms with Gasteiger partial charge in [-0.1, -0.05) is 164 Å². The van der Waals surface area contributed by atoms with Gasteiger partial charge in [0.05, 0.1) is 6.61 Å². The van der Waals surface area contributed by atoms with Gasteiger partial charge in [0.25, 0.3) is 0 Å². The molecule has 0 aromatic heterocycles. The van der Waals surface area contributed by atoms with Crippen molar-refractivity contribution in [2.75, 3.05) is 6.61 Å². The monoisotopic (exact) mass is 627 g/mol. The molecule has 0 aliphatic rings. The van der Waals surface area contributed by atoms with E-state index in [0.717, 1.165) is 44.9 Å². The zero-order valence-electron chi connectivity index (χ0n) is 28.5. The van der Waals surface area contributed by atoms with Gasteiger partial charge in [-0.3, -0.25) is 9.59 Å². The molecule has 1 N–H and O–H groups in total. The summed E-state index contributed by atoms with van der Waals surface area (Å²) in [6, 6.07) is 0. The molecule has 0 aromatic rings. The highest BCUT2D eigenvalue weighted by Gasteiger charge is 2.24. The Morgan fingerprint density at radius 1 is 0.535 bits per heavy atom. The molecule has 3 unspecified atom stereocenters. The van der Waals surface area contributed by atoms with E-state index >= 15 is 0 Å². The number of esters is 2. The average Bonchev–Trinajstić information content (AvgIpc) is 3.00. The van der Waals surface area contributed by atoms with Gasteiger partial charge in [0, 0.05) is 12.8 Å². The lowest BCUT2D eigenvalue weighted by atomic mass is 10.0. The molecule has 0 heterocycles. The summed E-state index contributed by atoms with van der Waals surface area (Å²) in [7, 11) is 2.40. The van der Waals surface area contributed by atoms with Crippen molar-refractivity contribution in [2.24, 2.45) is 0 Å². The van der Waals surface area contributed by atoms with Crippen LogP contribution in [0.15, 0.2) is 12.2 Å². The molecule has 0 amide bonds. The zero-order chi connectivity index (χ0) is 31.6. The number of ether oxygens (including phenoxy) is 2. The molecular weight excluding hydrogens is 555 g/mol. The van der Waals surface area contributed by atoms with Crippen LogP contribution in [0.3, 0.4) is 0 Å². The largest absolute Gasteiger partial charge is 0.456 e. The molecule has 0 radical (unpaired) electrons. The maximum atomic E-state index is 12.3. The molecule has 0 fully saturated rings. The van der Waals surface area contributed by atoms with E-state index < -0.39 is 11.9 Å². The van der Waals surface area contributed by atoms with E-state index in [9.17, 15) is 14.7 Å². The fourth-order valence-corrected chi connectivity index (χ4v) is 5.70. The number of hydrogen-bond donors (Lipinski definition) is 1. The first-order valence-corrected chi connectivity index (χ1v) is 19.1. The fraction of sp³-hybridized carbons (Fsp3) is 0.892. The van der Waals surface area contributed by atoms with Crippen molar-refractivity contribution in [3.8, 4) is 0 Å². The van der Waals surface area contributed by atoms with Gasteiger partial charge in [-0.15, -0.1) is 0 Å². The number of unbranched alkanes of at least 4 members (excludes halogenated alkanes) is 23. The predicted octanol–water partition coefficient (Wildman–Crippen LogP) is 11.2. The van der Waals surface area contributed by atoms with Crippen molar-refractivity contribution in [2.45, 2.75) is 206 Å². The maximum absolute atomic E-state index is 12.3. The van der Waals surface area contributed by atoms with Gasteiger partial charge in [-0.2, -0.15) is 0 Å². The van der Waals surface area contributed by atoms with Crippen LogP contribution in [0.2, 0.25) is 0 Å². The summed E-state index contributed by atoms with van der Waals surface area (Å²) in [4.78, 5) is 24.5. The van der Waals surface area contributed by atoms with Gasteiger partial charge >= 0.3 is 11.9 Å². The summed E-state index contributed by atoms with van der Waals surface area (Å²) < 4.78 is 10.8. The van der Waals surface area contributed by atoms with Crippen molar-refractivity contribution >= 4 is 21.2 Å². The lowest BCUT2D eigenvalue weighted by Gasteiger charge is -2.22. The van der Waals surface area contributed by atoms with Gasteiger partial charge in [-0.25, -0.2) is 0 Å². The second-order valence-electron chi connectivity index (χ2n) is 12.5. The summed E-state index contributed by atoms with van der Waals surface area (Å²) in [6.45, 7) is 4.15.